The maximum absolute atomic E-state index is 9.38. The minimum Gasteiger partial charge on any atom is -0.396 e. The Morgan fingerprint density at radius 1 is 1.45 bits per heavy atom. The molecule has 1 aliphatic rings. The Kier molecular flexibility index (Phi) is 3.30. The van der Waals surface area contributed by atoms with E-state index >= 15 is 0 Å². The van der Waals surface area contributed by atoms with Crippen molar-refractivity contribution in [1.82, 2.24) is 0 Å². The lowest BCUT2D eigenvalue weighted by molar-refractivity contribution is -0.0566. The summed E-state index contributed by atoms with van der Waals surface area (Å²) in [5, 5.41) is 18.2. The van der Waals surface area contributed by atoms with E-state index in [-0.39, 0.29) is 18.8 Å². The molecule has 0 amide bonds. The topological polar surface area (TPSA) is 49.7 Å². The van der Waals surface area contributed by atoms with Gasteiger partial charge in [-0.05, 0) is 25.2 Å². The molecule has 1 aliphatic carbocycles. The first-order valence-corrected chi connectivity index (χ1v) is 4.09. The van der Waals surface area contributed by atoms with Crippen molar-refractivity contribution in [3.05, 3.63) is 0 Å². The zero-order chi connectivity index (χ0) is 8.27. The number of ether oxygens (including phenoxy) is 1. The fourth-order valence-corrected chi connectivity index (χ4v) is 1.61. The van der Waals surface area contributed by atoms with Crippen molar-refractivity contribution in [2.24, 2.45) is 5.92 Å². The fraction of sp³-hybridized carbons (Fsp3) is 1.00. The summed E-state index contributed by atoms with van der Waals surface area (Å²) in [6.07, 6.45) is 2.05. The SMILES string of the molecule is COC1CC(CO)CCC1O. The molecular weight excluding hydrogens is 144 g/mol. The van der Waals surface area contributed by atoms with Crippen LogP contribution in [0.25, 0.3) is 0 Å². The Morgan fingerprint density at radius 3 is 2.73 bits per heavy atom. The maximum Gasteiger partial charge on any atom is 0.0833 e. The number of rotatable bonds is 2. The molecule has 0 heterocycles. The third-order valence-electron chi connectivity index (χ3n) is 2.43. The predicted octanol–water partition coefficient (Wildman–Crippen LogP) is 0.155. The summed E-state index contributed by atoms with van der Waals surface area (Å²) in [4.78, 5) is 0. The first-order valence-electron chi connectivity index (χ1n) is 4.09. The minimum absolute atomic E-state index is 0.0686. The third-order valence-corrected chi connectivity index (χ3v) is 2.43. The summed E-state index contributed by atoms with van der Waals surface area (Å²) in [6.45, 7) is 0.215. The Balaban J connectivity index is 2.37. The number of aliphatic hydroxyl groups excluding tert-OH is 2. The van der Waals surface area contributed by atoms with Gasteiger partial charge in [0.1, 0.15) is 0 Å². The second-order valence-corrected chi connectivity index (χ2v) is 3.20. The lowest BCUT2D eigenvalue weighted by Gasteiger charge is -2.31. The highest BCUT2D eigenvalue weighted by Crippen LogP contribution is 2.25. The Morgan fingerprint density at radius 2 is 2.18 bits per heavy atom. The van der Waals surface area contributed by atoms with Crippen molar-refractivity contribution in [3.8, 4) is 0 Å². The molecule has 0 aromatic heterocycles. The number of aliphatic hydroxyl groups is 2. The highest BCUT2D eigenvalue weighted by molar-refractivity contribution is 4.79. The Labute approximate surface area is 67.0 Å². The van der Waals surface area contributed by atoms with Crippen LogP contribution in [0.2, 0.25) is 0 Å². The van der Waals surface area contributed by atoms with Gasteiger partial charge >= 0.3 is 0 Å². The van der Waals surface area contributed by atoms with E-state index in [4.69, 9.17) is 9.84 Å². The van der Waals surface area contributed by atoms with E-state index in [1.807, 2.05) is 0 Å². The van der Waals surface area contributed by atoms with Gasteiger partial charge in [0.15, 0.2) is 0 Å². The van der Waals surface area contributed by atoms with E-state index in [1.165, 1.54) is 0 Å². The zero-order valence-electron chi connectivity index (χ0n) is 6.86. The van der Waals surface area contributed by atoms with Gasteiger partial charge in [0.05, 0.1) is 12.2 Å². The molecular formula is C8H16O3. The van der Waals surface area contributed by atoms with Crippen molar-refractivity contribution in [3.63, 3.8) is 0 Å². The Hall–Kier alpha value is -0.120. The summed E-state index contributed by atoms with van der Waals surface area (Å²) in [5.74, 6) is 0.323. The highest BCUT2D eigenvalue weighted by atomic mass is 16.5. The average molecular weight is 160 g/mol. The van der Waals surface area contributed by atoms with Gasteiger partial charge < -0.3 is 14.9 Å². The van der Waals surface area contributed by atoms with Crippen LogP contribution < -0.4 is 0 Å². The molecule has 1 saturated carbocycles. The maximum atomic E-state index is 9.38. The molecule has 11 heavy (non-hydrogen) atoms. The predicted molar refractivity (Wildman–Crippen MR) is 41.2 cm³/mol. The van der Waals surface area contributed by atoms with Gasteiger partial charge in [0, 0.05) is 13.7 Å². The molecule has 0 aromatic carbocycles. The van der Waals surface area contributed by atoms with Crippen molar-refractivity contribution < 1.29 is 14.9 Å². The van der Waals surface area contributed by atoms with Gasteiger partial charge in [0.25, 0.3) is 0 Å². The van der Waals surface area contributed by atoms with Crippen molar-refractivity contribution in [2.45, 2.75) is 31.5 Å². The van der Waals surface area contributed by atoms with Crippen LogP contribution in [0.5, 0.6) is 0 Å². The third kappa shape index (κ3) is 2.15. The smallest absolute Gasteiger partial charge is 0.0833 e. The Bertz CT molecular complexity index is 116. The monoisotopic (exact) mass is 160 g/mol. The minimum atomic E-state index is -0.331. The zero-order valence-corrected chi connectivity index (χ0v) is 6.86. The highest BCUT2D eigenvalue weighted by Gasteiger charge is 2.28. The largest absolute Gasteiger partial charge is 0.396 e. The molecule has 3 unspecified atom stereocenters. The molecule has 2 N–H and O–H groups in total. The van der Waals surface area contributed by atoms with Gasteiger partial charge in [-0.2, -0.15) is 0 Å². The fourth-order valence-electron chi connectivity index (χ4n) is 1.61. The van der Waals surface area contributed by atoms with Crippen molar-refractivity contribution >= 4 is 0 Å². The molecule has 1 rings (SSSR count). The van der Waals surface area contributed by atoms with E-state index in [2.05, 4.69) is 0 Å². The number of methoxy groups -OCH3 is 1. The molecule has 66 valence electrons. The van der Waals surface area contributed by atoms with Crippen LogP contribution >= 0.6 is 0 Å². The van der Waals surface area contributed by atoms with E-state index in [0.717, 1.165) is 19.3 Å². The first kappa shape index (κ1) is 8.97. The van der Waals surface area contributed by atoms with Crippen LogP contribution in [0.3, 0.4) is 0 Å². The van der Waals surface area contributed by atoms with Gasteiger partial charge in [0.2, 0.25) is 0 Å². The van der Waals surface area contributed by atoms with Crippen LogP contribution in [0.4, 0.5) is 0 Å². The molecule has 3 atom stereocenters. The quantitative estimate of drug-likeness (QED) is 0.604. The molecule has 0 aliphatic heterocycles. The molecule has 0 saturated heterocycles. The van der Waals surface area contributed by atoms with E-state index in [0.29, 0.717) is 5.92 Å². The van der Waals surface area contributed by atoms with Crippen molar-refractivity contribution in [1.29, 1.82) is 0 Å². The molecule has 0 radical (unpaired) electrons. The van der Waals surface area contributed by atoms with E-state index in [1.54, 1.807) is 7.11 Å². The average Bonchev–Trinajstić information content (AvgIpc) is 2.05. The summed E-state index contributed by atoms with van der Waals surface area (Å²) >= 11 is 0. The summed E-state index contributed by atoms with van der Waals surface area (Å²) < 4.78 is 5.07. The molecule has 0 spiro atoms. The van der Waals surface area contributed by atoms with Crippen LogP contribution in [0, 0.1) is 5.92 Å². The molecule has 0 aromatic rings. The summed E-state index contributed by atoms with van der Waals surface area (Å²) in [6, 6.07) is 0. The van der Waals surface area contributed by atoms with Crippen LogP contribution in [-0.2, 0) is 4.74 Å². The van der Waals surface area contributed by atoms with Gasteiger partial charge in [-0.15, -0.1) is 0 Å². The van der Waals surface area contributed by atoms with Crippen LogP contribution in [0.15, 0.2) is 0 Å². The molecule has 3 nitrogen and oxygen atoms in total. The molecule has 1 fully saturated rings. The van der Waals surface area contributed by atoms with Crippen LogP contribution in [0.1, 0.15) is 19.3 Å². The first-order chi connectivity index (χ1) is 5.27. The summed E-state index contributed by atoms with van der Waals surface area (Å²) in [7, 11) is 1.60. The molecule has 3 heteroatoms. The van der Waals surface area contributed by atoms with Crippen LogP contribution in [-0.4, -0.2) is 36.1 Å². The molecule has 0 bridgehead atoms. The van der Waals surface area contributed by atoms with E-state index in [9.17, 15) is 5.11 Å². The van der Waals surface area contributed by atoms with Crippen molar-refractivity contribution in [2.75, 3.05) is 13.7 Å². The van der Waals surface area contributed by atoms with Gasteiger partial charge in [-0.25, -0.2) is 0 Å². The lowest BCUT2D eigenvalue weighted by Crippen LogP contribution is -2.36. The van der Waals surface area contributed by atoms with Gasteiger partial charge in [-0.3, -0.25) is 0 Å². The number of hydrogen-bond donors (Lipinski definition) is 2. The normalized spacial score (nSPS) is 39.0. The lowest BCUT2D eigenvalue weighted by atomic mass is 9.86. The van der Waals surface area contributed by atoms with E-state index < -0.39 is 0 Å². The second kappa shape index (κ2) is 4.04. The number of hydrogen-bond acceptors (Lipinski definition) is 3. The standard InChI is InChI=1S/C8H16O3/c1-11-8-4-6(5-9)2-3-7(8)10/h6-10H,2-5H2,1H3. The summed E-state index contributed by atoms with van der Waals surface area (Å²) in [5.41, 5.74) is 0. The second-order valence-electron chi connectivity index (χ2n) is 3.20. The van der Waals surface area contributed by atoms with Gasteiger partial charge in [-0.1, -0.05) is 0 Å².